The number of ether oxygens (including phenoxy) is 1. The molecule has 2 fully saturated rings. The lowest BCUT2D eigenvalue weighted by Crippen LogP contribution is -2.52. The number of nitrogens with one attached hydrogen (secondary N) is 1. The van der Waals surface area contributed by atoms with Crippen molar-refractivity contribution >= 4 is 38.9 Å². The summed E-state index contributed by atoms with van der Waals surface area (Å²) in [5.74, 6) is 0. The van der Waals surface area contributed by atoms with Crippen LogP contribution in [-0.4, -0.2) is 65.3 Å². The van der Waals surface area contributed by atoms with Crippen molar-refractivity contribution in [1.29, 1.82) is 0 Å². The molecule has 2 aromatic rings. The average Bonchev–Trinajstić information content (AvgIpc) is 3.29. The second kappa shape index (κ2) is 7.95. The minimum absolute atomic E-state index is 0.332. The van der Waals surface area contributed by atoms with Crippen molar-refractivity contribution in [2.45, 2.75) is 25.5 Å². The van der Waals surface area contributed by atoms with Gasteiger partial charge in [-0.3, -0.25) is 4.90 Å². The van der Waals surface area contributed by atoms with Crippen LogP contribution in [0.2, 0.25) is 0 Å². The van der Waals surface area contributed by atoms with Crippen LogP contribution in [0.1, 0.15) is 17.8 Å². The standard InChI is InChI=1S/C18H24N4OS2/c24-18(19-12-14-4-3-11-23-14)22-9-7-21(8-10-22)13-17-20-15-5-1-2-6-16(15)25-17/h1-2,5-6,14H,3-4,7-13H2,(H,19,24)/t14-/m0/s1. The van der Waals surface area contributed by atoms with Crippen LogP contribution >= 0.6 is 23.6 Å². The molecule has 1 aromatic carbocycles. The molecule has 0 radical (unpaired) electrons. The fraction of sp³-hybridized carbons (Fsp3) is 0.556. The van der Waals surface area contributed by atoms with E-state index < -0.39 is 0 Å². The predicted molar refractivity (Wildman–Crippen MR) is 106 cm³/mol. The minimum Gasteiger partial charge on any atom is -0.376 e. The zero-order chi connectivity index (χ0) is 17.1. The van der Waals surface area contributed by atoms with Crippen LogP contribution in [0, 0.1) is 0 Å². The molecule has 0 bridgehead atoms. The number of piperazine rings is 1. The van der Waals surface area contributed by atoms with E-state index in [1.165, 1.54) is 16.1 Å². The number of aromatic nitrogens is 1. The molecule has 25 heavy (non-hydrogen) atoms. The Kier molecular flexibility index (Phi) is 5.45. The van der Waals surface area contributed by atoms with Gasteiger partial charge >= 0.3 is 0 Å². The zero-order valence-electron chi connectivity index (χ0n) is 14.3. The van der Waals surface area contributed by atoms with Gasteiger partial charge in [0, 0.05) is 39.3 Å². The Bertz CT molecular complexity index is 688. The largest absolute Gasteiger partial charge is 0.376 e. The summed E-state index contributed by atoms with van der Waals surface area (Å²) in [5.41, 5.74) is 1.11. The topological polar surface area (TPSA) is 40.6 Å². The lowest BCUT2D eigenvalue weighted by atomic mass is 10.2. The van der Waals surface area contributed by atoms with Gasteiger partial charge in [-0.25, -0.2) is 4.98 Å². The summed E-state index contributed by atoms with van der Waals surface area (Å²) in [6.07, 6.45) is 2.65. The molecule has 5 nitrogen and oxygen atoms in total. The maximum atomic E-state index is 5.64. The zero-order valence-corrected chi connectivity index (χ0v) is 16.0. The number of fused-ring (bicyclic) bond motifs is 1. The maximum Gasteiger partial charge on any atom is 0.169 e. The Morgan fingerprint density at radius 3 is 2.88 bits per heavy atom. The lowest BCUT2D eigenvalue weighted by Gasteiger charge is -2.36. The van der Waals surface area contributed by atoms with Gasteiger partial charge in [0.05, 0.1) is 22.9 Å². The first-order valence-corrected chi connectivity index (χ1v) is 10.2. The summed E-state index contributed by atoms with van der Waals surface area (Å²) >= 11 is 7.35. The maximum absolute atomic E-state index is 5.64. The number of rotatable bonds is 4. The van der Waals surface area contributed by atoms with Crippen molar-refractivity contribution in [3.05, 3.63) is 29.3 Å². The fourth-order valence-electron chi connectivity index (χ4n) is 3.41. The van der Waals surface area contributed by atoms with Gasteiger partial charge in [0.1, 0.15) is 5.01 Å². The smallest absolute Gasteiger partial charge is 0.169 e. The number of thiazole rings is 1. The van der Waals surface area contributed by atoms with Crippen LogP contribution in [-0.2, 0) is 11.3 Å². The third-order valence-corrected chi connectivity index (χ3v) is 6.29. The average molecular weight is 377 g/mol. The Morgan fingerprint density at radius 1 is 1.28 bits per heavy atom. The summed E-state index contributed by atoms with van der Waals surface area (Å²) in [5, 5.41) is 5.45. The van der Waals surface area contributed by atoms with E-state index in [9.17, 15) is 0 Å². The molecule has 1 aromatic heterocycles. The van der Waals surface area contributed by atoms with E-state index in [-0.39, 0.29) is 0 Å². The molecule has 3 heterocycles. The number of thiocarbonyl (C=S) groups is 1. The normalized spacial score (nSPS) is 21.8. The van der Waals surface area contributed by atoms with E-state index >= 15 is 0 Å². The highest BCUT2D eigenvalue weighted by Crippen LogP contribution is 2.23. The number of para-hydroxylation sites is 1. The first-order valence-electron chi connectivity index (χ1n) is 8.99. The molecule has 1 atom stereocenters. The van der Waals surface area contributed by atoms with E-state index in [2.05, 4.69) is 39.4 Å². The highest BCUT2D eigenvalue weighted by atomic mass is 32.1. The van der Waals surface area contributed by atoms with Crippen molar-refractivity contribution in [1.82, 2.24) is 20.1 Å². The summed E-state index contributed by atoms with van der Waals surface area (Å²) in [7, 11) is 0. The Hall–Kier alpha value is -1.28. The first-order chi connectivity index (χ1) is 12.3. The second-order valence-electron chi connectivity index (χ2n) is 6.66. The molecule has 0 saturated carbocycles. The van der Waals surface area contributed by atoms with Gasteiger partial charge in [0.2, 0.25) is 0 Å². The molecule has 1 N–H and O–H groups in total. The molecule has 134 valence electrons. The molecule has 2 aliphatic heterocycles. The third kappa shape index (κ3) is 4.28. The first kappa shape index (κ1) is 17.1. The monoisotopic (exact) mass is 376 g/mol. The number of hydrogen-bond donors (Lipinski definition) is 1. The highest BCUT2D eigenvalue weighted by molar-refractivity contribution is 7.80. The van der Waals surface area contributed by atoms with Crippen molar-refractivity contribution < 1.29 is 4.74 Å². The van der Waals surface area contributed by atoms with Crippen LogP contribution in [0.15, 0.2) is 24.3 Å². The van der Waals surface area contributed by atoms with E-state index in [4.69, 9.17) is 21.9 Å². The molecular weight excluding hydrogens is 352 g/mol. The predicted octanol–water partition coefficient (Wildman–Crippen LogP) is 2.47. The third-order valence-electron chi connectivity index (χ3n) is 4.86. The molecule has 4 rings (SSSR count). The Morgan fingerprint density at radius 2 is 2.12 bits per heavy atom. The van der Waals surface area contributed by atoms with Crippen molar-refractivity contribution in [3.8, 4) is 0 Å². The van der Waals surface area contributed by atoms with Gasteiger partial charge in [-0.2, -0.15) is 0 Å². The van der Waals surface area contributed by atoms with E-state index in [1.807, 2.05) is 0 Å². The van der Waals surface area contributed by atoms with Gasteiger partial charge in [-0.05, 0) is 37.2 Å². The number of nitrogens with zero attached hydrogens (tertiary/aromatic N) is 3. The molecule has 0 amide bonds. The van der Waals surface area contributed by atoms with E-state index in [0.717, 1.165) is 62.9 Å². The van der Waals surface area contributed by atoms with Gasteiger partial charge in [0.15, 0.2) is 5.11 Å². The van der Waals surface area contributed by atoms with Crippen LogP contribution in [0.5, 0.6) is 0 Å². The Labute approximate surface area is 158 Å². The van der Waals surface area contributed by atoms with E-state index in [1.54, 1.807) is 11.3 Å². The van der Waals surface area contributed by atoms with Gasteiger partial charge in [0.25, 0.3) is 0 Å². The minimum atomic E-state index is 0.332. The fourth-order valence-corrected chi connectivity index (χ4v) is 4.68. The molecule has 0 spiro atoms. The van der Waals surface area contributed by atoms with Gasteiger partial charge < -0.3 is 15.0 Å². The summed E-state index contributed by atoms with van der Waals surface area (Å²) in [6, 6.07) is 8.36. The number of benzene rings is 1. The SMILES string of the molecule is S=C(NC[C@@H]1CCCO1)N1CCN(Cc2nc3ccccc3s2)CC1. The summed E-state index contributed by atoms with van der Waals surface area (Å²) in [6.45, 7) is 6.66. The van der Waals surface area contributed by atoms with Crippen molar-refractivity contribution in [2.75, 3.05) is 39.3 Å². The van der Waals surface area contributed by atoms with Gasteiger partial charge in [-0.15, -0.1) is 11.3 Å². The summed E-state index contributed by atoms with van der Waals surface area (Å²) < 4.78 is 6.92. The molecule has 0 aliphatic carbocycles. The van der Waals surface area contributed by atoms with Crippen molar-refractivity contribution in [2.24, 2.45) is 0 Å². The highest BCUT2D eigenvalue weighted by Gasteiger charge is 2.21. The van der Waals surface area contributed by atoms with Crippen LogP contribution in [0.3, 0.4) is 0 Å². The van der Waals surface area contributed by atoms with E-state index in [0.29, 0.717) is 6.10 Å². The van der Waals surface area contributed by atoms with Crippen LogP contribution in [0.4, 0.5) is 0 Å². The van der Waals surface area contributed by atoms with Crippen LogP contribution < -0.4 is 5.32 Å². The Balaban J connectivity index is 1.24. The number of hydrogen-bond acceptors (Lipinski definition) is 5. The molecule has 0 unspecified atom stereocenters. The molecule has 2 saturated heterocycles. The second-order valence-corrected chi connectivity index (χ2v) is 8.16. The quantitative estimate of drug-likeness (QED) is 0.827. The molecule has 2 aliphatic rings. The molecule has 7 heteroatoms. The summed E-state index contributed by atoms with van der Waals surface area (Å²) in [4.78, 5) is 9.49. The van der Waals surface area contributed by atoms with Crippen LogP contribution in [0.25, 0.3) is 10.2 Å². The molecular formula is C18H24N4OS2. The van der Waals surface area contributed by atoms with Gasteiger partial charge in [-0.1, -0.05) is 12.1 Å². The lowest BCUT2D eigenvalue weighted by molar-refractivity contribution is 0.112. The van der Waals surface area contributed by atoms with Crippen molar-refractivity contribution in [3.63, 3.8) is 0 Å².